The van der Waals surface area contributed by atoms with Gasteiger partial charge < -0.3 is 0 Å². The van der Waals surface area contributed by atoms with Crippen LogP contribution in [0, 0.1) is 17.2 Å². The summed E-state index contributed by atoms with van der Waals surface area (Å²) in [7, 11) is 0. The summed E-state index contributed by atoms with van der Waals surface area (Å²) in [6.07, 6.45) is 4.52. The monoisotopic (exact) mass is 216 g/mol. The van der Waals surface area contributed by atoms with E-state index >= 15 is 0 Å². The van der Waals surface area contributed by atoms with Crippen molar-refractivity contribution < 1.29 is 4.79 Å². The largest absolute Gasteiger partial charge is 0.298 e. The SMILES string of the molecule is CC(C)CCC(=O)C(C#N)c1ccncc1. The van der Waals surface area contributed by atoms with Gasteiger partial charge in [0.05, 0.1) is 6.07 Å². The van der Waals surface area contributed by atoms with Crippen LogP contribution in [0.3, 0.4) is 0 Å². The van der Waals surface area contributed by atoms with E-state index in [9.17, 15) is 4.79 Å². The number of pyridine rings is 1. The molecular formula is C13H16N2O. The zero-order valence-corrected chi connectivity index (χ0v) is 9.68. The molecule has 0 amide bonds. The van der Waals surface area contributed by atoms with Gasteiger partial charge in [-0.25, -0.2) is 0 Å². The molecule has 1 heterocycles. The molecule has 0 saturated heterocycles. The van der Waals surface area contributed by atoms with Gasteiger partial charge in [0.2, 0.25) is 0 Å². The molecule has 0 aliphatic carbocycles. The Labute approximate surface area is 96.1 Å². The van der Waals surface area contributed by atoms with E-state index in [4.69, 9.17) is 5.26 Å². The fourth-order valence-electron chi connectivity index (χ4n) is 1.46. The first kappa shape index (κ1) is 12.4. The zero-order chi connectivity index (χ0) is 12.0. The molecule has 0 radical (unpaired) electrons. The minimum absolute atomic E-state index is 0.00222. The molecule has 0 fully saturated rings. The van der Waals surface area contributed by atoms with Gasteiger partial charge in [-0.15, -0.1) is 0 Å². The maximum atomic E-state index is 11.8. The lowest BCUT2D eigenvalue weighted by Gasteiger charge is -2.09. The minimum atomic E-state index is -0.637. The van der Waals surface area contributed by atoms with Gasteiger partial charge in [0.25, 0.3) is 0 Å². The molecule has 1 aromatic rings. The smallest absolute Gasteiger partial charge is 0.154 e. The highest BCUT2D eigenvalue weighted by Gasteiger charge is 2.19. The van der Waals surface area contributed by atoms with Crippen molar-refractivity contribution >= 4 is 5.78 Å². The number of hydrogen-bond acceptors (Lipinski definition) is 3. The quantitative estimate of drug-likeness (QED) is 0.760. The number of ketones is 1. The molecule has 0 aliphatic rings. The molecule has 0 aromatic carbocycles. The summed E-state index contributed by atoms with van der Waals surface area (Å²) in [6.45, 7) is 4.14. The molecule has 0 spiro atoms. The van der Waals surface area contributed by atoms with Crippen molar-refractivity contribution in [3.8, 4) is 6.07 Å². The van der Waals surface area contributed by atoms with Crippen LogP contribution in [-0.4, -0.2) is 10.8 Å². The number of carbonyl (C=O) groups is 1. The van der Waals surface area contributed by atoms with Crippen LogP contribution in [0.5, 0.6) is 0 Å². The second-order valence-corrected chi connectivity index (χ2v) is 4.24. The minimum Gasteiger partial charge on any atom is -0.298 e. The van der Waals surface area contributed by atoms with E-state index in [0.29, 0.717) is 12.3 Å². The van der Waals surface area contributed by atoms with Crippen LogP contribution in [0.4, 0.5) is 0 Å². The Morgan fingerprint density at radius 3 is 2.56 bits per heavy atom. The standard InChI is InChI=1S/C13H16N2O/c1-10(2)3-4-13(16)12(9-14)11-5-7-15-8-6-11/h5-8,10,12H,3-4H2,1-2H3. The van der Waals surface area contributed by atoms with Gasteiger partial charge in [-0.2, -0.15) is 5.26 Å². The Hall–Kier alpha value is -1.69. The third kappa shape index (κ3) is 3.47. The van der Waals surface area contributed by atoms with Crippen LogP contribution >= 0.6 is 0 Å². The van der Waals surface area contributed by atoms with E-state index in [1.54, 1.807) is 24.5 Å². The van der Waals surface area contributed by atoms with Crippen molar-refractivity contribution in [2.45, 2.75) is 32.6 Å². The van der Waals surface area contributed by atoms with Crippen LogP contribution < -0.4 is 0 Å². The van der Waals surface area contributed by atoms with Gasteiger partial charge >= 0.3 is 0 Å². The first-order valence-corrected chi connectivity index (χ1v) is 5.47. The first-order chi connectivity index (χ1) is 7.65. The number of nitriles is 1. The molecule has 1 rings (SSSR count). The van der Waals surface area contributed by atoms with E-state index in [2.05, 4.69) is 24.9 Å². The zero-order valence-electron chi connectivity index (χ0n) is 9.68. The molecule has 1 unspecified atom stereocenters. The number of aromatic nitrogens is 1. The van der Waals surface area contributed by atoms with Crippen LogP contribution in [0.15, 0.2) is 24.5 Å². The number of carbonyl (C=O) groups excluding carboxylic acids is 1. The van der Waals surface area contributed by atoms with Crippen LogP contribution in [-0.2, 0) is 4.79 Å². The van der Waals surface area contributed by atoms with Crippen molar-refractivity contribution in [2.75, 3.05) is 0 Å². The predicted molar refractivity (Wildman–Crippen MR) is 61.7 cm³/mol. The Bertz CT molecular complexity index is 379. The molecule has 0 N–H and O–H groups in total. The summed E-state index contributed by atoms with van der Waals surface area (Å²) in [5, 5.41) is 9.02. The predicted octanol–water partition coefficient (Wildman–Crippen LogP) is 2.69. The lowest BCUT2D eigenvalue weighted by Crippen LogP contribution is -2.11. The molecule has 1 aromatic heterocycles. The average Bonchev–Trinajstić information content (AvgIpc) is 2.29. The van der Waals surface area contributed by atoms with E-state index in [-0.39, 0.29) is 5.78 Å². The summed E-state index contributed by atoms with van der Waals surface area (Å²) in [4.78, 5) is 15.7. The van der Waals surface area contributed by atoms with E-state index < -0.39 is 5.92 Å². The van der Waals surface area contributed by atoms with Crippen LogP contribution in [0.25, 0.3) is 0 Å². The van der Waals surface area contributed by atoms with Gasteiger partial charge in [0, 0.05) is 18.8 Å². The molecular weight excluding hydrogens is 200 g/mol. The number of rotatable bonds is 5. The van der Waals surface area contributed by atoms with Crippen molar-refractivity contribution in [1.29, 1.82) is 5.26 Å². The Morgan fingerprint density at radius 1 is 1.44 bits per heavy atom. The number of Topliss-reactive ketones (excluding diaryl/α,β-unsaturated/α-hetero) is 1. The normalized spacial score (nSPS) is 12.1. The highest BCUT2D eigenvalue weighted by molar-refractivity contribution is 5.88. The second kappa shape index (κ2) is 6.02. The molecule has 84 valence electrons. The Kier molecular flexibility index (Phi) is 4.65. The Morgan fingerprint density at radius 2 is 2.06 bits per heavy atom. The topological polar surface area (TPSA) is 53.8 Å². The van der Waals surface area contributed by atoms with Crippen molar-refractivity contribution in [2.24, 2.45) is 5.92 Å². The van der Waals surface area contributed by atoms with E-state index in [1.165, 1.54) is 0 Å². The third-order valence-electron chi connectivity index (χ3n) is 2.46. The summed E-state index contributed by atoms with van der Waals surface area (Å²) >= 11 is 0. The maximum absolute atomic E-state index is 11.8. The summed E-state index contributed by atoms with van der Waals surface area (Å²) in [6, 6.07) is 5.51. The molecule has 0 saturated carbocycles. The van der Waals surface area contributed by atoms with Crippen LogP contribution in [0.1, 0.15) is 38.2 Å². The molecule has 0 aliphatic heterocycles. The van der Waals surface area contributed by atoms with Gasteiger partial charge in [-0.1, -0.05) is 13.8 Å². The van der Waals surface area contributed by atoms with Crippen LogP contribution in [0.2, 0.25) is 0 Å². The number of nitrogens with zero attached hydrogens (tertiary/aromatic N) is 2. The van der Waals surface area contributed by atoms with Gasteiger partial charge in [0.15, 0.2) is 5.78 Å². The van der Waals surface area contributed by atoms with Crippen molar-refractivity contribution in [3.63, 3.8) is 0 Å². The lowest BCUT2D eigenvalue weighted by atomic mass is 9.92. The fraction of sp³-hybridized carbons (Fsp3) is 0.462. The van der Waals surface area contributed by atoms with E-state index in [1.807, 2.05) is 0 Å². The first-order valence-electron chi connectivity index (χ1n) is 5.47. The Balaban J connectivity index is 2.69. The summed E-state index contributed by atoms with van der Waals surface area (Å²) < 4.78 is 0. The van der Waals surface area contributed by atoms with Crippen molar-refractivity contribution in [1.82, 2.24) is 4.98 Å². The molecule has 16 heavy (non-hydrogen) atoms. The molecule has 0 bridgehead atoms. The highest BCUT2D eigenvalue weighted by atomic mass is 16.1. The number of hydrogen-bond donors (Lipinski definition) is 0. The van der Waals surface area contributed by atoms with Gasteiger partial charge in [-0.05, 0) is 30.0 Å². The molecule has 1 atom stereocenters. The molecule has 3 nitrogen and oxygen atoms in total. The van der Waals surface area contributed by atoms with E-state index in [0.717, 1.165) is 12.0 Å². The highest BCUT2D eigenvalue weighted by Crippen LogP contribution is 2.18. The van der Waals surface area contributed by atoms with Crippen molar-refractivity contribution in [3.05, 3.63) is 30.1 Å². The maximum Gasteiger partial charge on any atom is 0.154 e. The lowest BCUT2D eigenvalue weighted by molar-refractivity contribution is -0.119. The van der Waals surface area contributed by atoms with Gasteiger partial charge in [-0.3, -0.25) is 9.78 Å². The average molecular weight is 216 g/mol. The molecule has 3 heteroatoms. The van der Waals surface area contributed by atoms with Gasteiger partial charge in [0.1, 0.15) is 5.92 Å². The fourth-order valence-corrected chi connectivity index (χ4v) is 1.46. The third-order valence-corrected chi connectivity index (χ3v) is 2.46. The summed E-state index contributed by atoms with van der Waals surface area (Å²) in [5.41, 5.74) is 0.742. The summed E-state index contributed by atoms with van der Waals surface area (Å²) in [5.74, 6) is -0.148. The second-order valence-electron chi connectivity index (χ2n) is 4.24.